The Hall–Kier alpha value is -2.94. The average Bonchev–Trinajstić information content (AvgIpc) is 2.80. The number of methoxy groups -OCH3 is 1. The van der Waals surface area contributed by atoms with Crippen LogP contribution in [0, 0.1) is 0 Å². The molecule has 0 radical (unpaired) electrons. The van der Waals surface area contributed by atoms with Gasteiger partial charge < -0.3 is 20.5 Å². The molecule has 1 fully saturated rings. The fourth-order valence-electron chi connectivity index (χ4n) is 2.83. The molecule has 2 atom stereocenters. The smallest absolute Gasteiger partial charge is 0.322 e. The number of nitrogens with one attached hydrogen (secondary N) is 3. The molecule has 0 spiro atoms. The van der Waals surface area contributed by atoms with Crippen LogP contribution in [0.2, 0.25) is 0 Å². The van der Waals surface area contributed by atoms with Crippen LogP contribution in [0.1, 0.15) is 36.2 Å². The van der Waals surface area contributed by atoms with Crippen molar-refractivity contribution in [3.8, 4) is 0 Å². The number of amides is 4. The number of urea groups is 1. The number of hydrogen-bond donors (Lipinski definition) is 4. The number of carboxylic acids is 1. The highest BCUT2D eigenvalue weighted by Gasteiger charge is 2.43. The molecule has 1 aliphatic heterocycles. The van der Waals surface area contributed by atoms with Gasteiger partial charge in [0.15, 0.2) is 0 Å². The predicted molar refractivity (Wildman–Crippen MR) is 90.5 cm³/mol. The first-order chi connectivity index (χ1) is 12.1. The summed E-state index contributed by atoms with van der Waals surface area (Å²) in [7, 11) is 1.42. The van der Waals surface area contributed by atoms with Gasteiger partial charge in [-0.3, -0.25) is 19.7 Å². The zero-order chi connectivity index (χ0) is 19.5. The molecule has 140 valence electrons. The van der Waals surface area contributed by atoms with Crippen molar-refractivity contribution in [3.63, 3.8) is 0 Å². The maximum absolute atomic E-state index is 12.4. The van der Waals surface area contributed by atoms with E-state index in [0.717, 1.165) is 0 Å². The number of benzene rings is 1. The third kappa shape index (κ3) is 3.99. The summed E-state index contributed by atoms with van der Waals surface area (Å²) >= 11 is 0. The molecule has 9 nitrogen and oxygen atoms in total. The van der Waals surface area contributed by atoms with Crippen LogP contribution in [0.15, 0.2) is 24.3 Å². The molecule has 26 heavy (non-hydrogen) atoms. The maximum atomic E-state index is 12.4. The van der Waals surface area contributed by atoms with E-state index in [1.807, 2.05) is 0 Å². The Kier molecular flexibility index (Phi) is 5.31. The summed E-state index contributed by atoms with van der Waals surface area (Å²) in [4.78, 5) is 46.8. The molecule has 1 aromatic carbocycles. The van der Waals surface area contributed by atoms with Crippen LogP contribution in [0.4, 0.5) is 4.79 Å². The molecular weight excluding hydrogens is 342 g/mol. The Morgan fingerprint density at radius 2 is 1.88 bits per heavy atom. The van der Waals surface area contributed by atoms with Crippen molar-refractivity contribution in [3.05, 3.63) is 35.4 Å². The number of rotatable bonds is 7. The first kappa shape index (κ1) is 19.4. The zero-order valence-corrected chi connectivity index (χ0v) is 14.7. The van der Waals surface area contributed by atoms with E-state index < -0.39 is 34.9 Å². The minimum atomic E-state index is -1.21. The molecule has 1 saturated heterocycles. The molecule has 0 aliphatic carbocycles. The summed E-state index contributed by atoms with van der Waals surface area (Å²) in [5.41, 5.74) is -1.47. The number of hydrogen-bond acceptors (Lipinski definition) is 5. The number of carbonyl (C=O) groups excluding carboxylic acids is 3. The lowest BCUT2D eigenvalue weighted by Crippen LogP contribution is -2.50. The van der Waals surface area contributed by atoms with Gasteiger partial charge in [-0.05, 0) is 31.5 Å². The normalized spacial score (nSPS) is 21.5. The molecule has 0 aromatic heterocycles. The van der Waals surface area contributed by atoms with Crippen LogP contribution in [-0.2, 0) is 19.9 Å². The second-order valence-electron chi connectivity index (χ2n) is 6.63. The Bertz CT molecular complexity index is 747. The van der Waals surface area contributed by atoms with Crippen molar-refractivity contribution in [2.45, 2.75) is 31.3 Å². The quantitative estimate of drug-likeness (QED) is 0.517. The fourth-order valence-corrected chi connectivity index (χ4v) is 2.83. The second kappa shape index (κ2) is 7.12. The van der Waals surface area contributed by atoms with Crippen molar-refractivity contribution < 1.29 is 29.0 Å². The summed E-state index contributed by atoms with van der Waals surface area (Å²) in [6.07, 6.45) is -0.297. The van der Waals surface area contributed by atoms with Gasteiger partial charge in [0.05, 0.1) is 18.6 Å². The van der Waals surface area contributed by atoms with Gasteiger partial charge in [-0.1, -0.05) is 12.1 Å². The Morgan fingerprint density at radius 3 is 2.35 bits per heavy atom. The largest absolute Gasteiger partial charge is 0.481 e. The van der Waals surface area contributed by atoms with Gasteiger partial charge in [0, 0.05) is 12.7 Å². The van der Waals surface area contributed by atoms with E-state index in [0.29, 0.717) is 5.56 Å². The standard InChI is InChI=1S/C17H21N3O6/c1-16(9-26-3,8-12(21)22)19-13(23)10-4-6-11(7-5-10)17(2)14(24)18-15(25)20-17/h4-7H,8-9H2,1-3H3,(H,19,23)(H,21,22)(H2,18,20,24,25). The lowest BCUT2D eigenvalue weighted by Gasteiger charge is -2.28. The first-order valence-corrected chi connectivity index (χ1v) is 7.87. The summed E-state index contributed by atoms with van der Waals surface area (Å²) in [5.74, 6) is -2.01. The Balaban J connectivity index is 2.17. The van der Waals surface area contributed by atoms with E-state index in [9.17, 15) is 19.2 Å². The first-order valence-electron chi connectivity index (χ1n) is 7.87. The Morgan fingerprint density at radius 1 is 1.27 bits per heavy atom. The predicted octanol–water partition coefficient (Wildman–Crippen LogP) is 0.351. The van der Waals surface area contributed by atoms with Gasteiger partial charge in [0.1, 0.15) is 5.54 Å². The highest BCUT2D eigenvalue weighted by atomic mass is 16.5. The molecular formula is C17H21N3O6. The molecule has 1 heterocycles. The van der Waals surface area contributed by atoms with Crippen molar-refractivity contribution in [1.29, 1.82) is 0 Å². The van der Waals surface area contributed by atoms with Crippen molar-refractivity contribution in [2.24, 2.45) is 0 Å². The monoisotopic (exact) mass is 363 g/mol. The van der Waals surface area contributed by atoms with Crippen LogP contribution in [0.3, 0.4) is 0 Å². The number of carbonyl (C=O) groups is 4. The van der Waals surface area contributed by atoms with Gasteiger partial charge in [-0.25, -0.2) is 4.79 Å². The number of aliphatic carboxylic acids is 1. The van der Waals surface area contributed by atoms with E-state index >= 15 is 0 Å². The SMILES string of the molecule is COCC(C)(CC(=O)O)NC(=O)c1ccc(C2(C)NC(=O)NC2=O)cc1. The maximum Gasteiger partial charge on any atom is 0.322 e. The summed E-state index contributed by atoms with van der Waals surface area (Å²) < 4.78 is 5.00. The minimum absolute atomic E-state index is 0.0351. The lowest BCUT2D eigenvalue weighted by molar-refractivity contribution is -0.139. The van der Waals surface area contributed by atoms with Crippen LogP contribution >= 0.6 is 0 Å². The summed E-state index contributed by atoms with van der Waals surface area (Å²) in [6.45, 7) is 3.18. The third-order valence-electron chi connectivity index (χ3n) is 4.19. The topological polar surface area (TPSA) is 134 Å². The second-order valence-corrected chi connectivity index (χ2v) is 6.63. The van der Waals surface area contributed by atoms with Gasteiger partial charge in [0.2, 0.25) is 0 Å². The third-order valence-corrected chi connectivity index (χ3v) is 4.19. The number of imide groups is 1. The highest BCUT2D eigenvalue weighted by Crippen LogP contribution is 2.24. The van der Waals surface area contributed by atoms with E-state index in [2.05, 4.69) is 16.0 Å². The van der Waals surface area contributed by atoms with Gasteiger partial charge >= 0.3 is 12.0 Å². The number of ether oxygens (including phenoxy) is 1. The molecule has 2 unspecified atom stereocenters. The lowest BCUT2D eigenvalue weighted by atomic mass is 9.91. The van der Waals surface area contributed by atoms with Gasteiger partial charge in [0.25, 0.3) is 11.8 Å². The Labute approximate surface area is 150 Å². The van der Waals surface area contributed by atoms with Crippen molar-refractivity contribution in [1.82, 2.24) is 16.0 Å². The summed E-state index contributed by atoms with van der Waals surface area (Å²) in [5, 5.41) is 16.4. The molecule has 9 heteroatoms. The van der Waals surface area contributed by atoms with Crippen molar-refractivity contribution in [2.75, 3.05) is 13.7 Å². The van der Waals surface area contributed by atoms with E-state index in [1.165, 1.54) is 19.2 Å². The molecule has 0 saturated carbocycles. The molecule has 4 N–H and O–H groups in total. The van der Waals surface area contributed by atoms with E-state index in [-0.39, 0.29) is 18.6 Å². The van der Waals surface area contributed by atoms with Crippen LogP contribution < -0.4 is 16.0 Å². The molecule has 0 bridgehead atoms. The molecule has 1 aliphatic rings. The fraction of sp³-hybridized carbons (Fsp3) is 0.412. The molecule has 4 amide bonds. The minimum Gasteiger partial charge on any atom is -0.481 e. The van der Waals surface area contributed by atoms with Gasteiger partial charge in [-0.2, -0.15) is 0 Å². The van der Waals surface area contributed by atoms with E-state index in [1.54, 1.807) is 26.0 Å². The van der Waals surface area contributed by atoms with Crippen LogP contribution in [-0.4, -0.2) is 48.2 Å². The van der Waals surface area contributed by atoms with Gasteiger partial charge in [-0.15, -0.1) is 0 Å². The highest BCUT2D eigenvalue weighted by molar-refractivity contribution is 6.07. The average molecular weight is 363 g/mol. The molecule has 1 aromatic rings. The van der Waals surface area contributed by atoms with E-state index in [4.69, 9.17) is 9.84 Å². The molecule has 2 rings (SSSR count). The summed E-state index contributed by atoms with van der Waals surface area (Å²) in [6, 6.07) is 5.54. The van der Waals surface area contributed by atoms with Crippen LogP contribution in [0.25, 0.3) is 0 Å². The van der Waals surface area contributed by atoms with Crippen LogP contribution in [0.5, 0.6) is 0 Å². The van der Waals surface area contributed by atoms with Crippen molar-refractivity contribution >= 4 is 23.8 Å². The number of carboxylic acid groups (broad SMARTS) is 1. The zero-order valence-electron chi connectivity index (χ0n) is 14.7.